The first-order valence-corrected chi connectivity index (χ1v) is 7.15. The summed E-state index contributed by atoms with van der Waals surface area (Å²) in [6.07, 6.45) is 1.68. The average molecular weight is 258 g/mol. The second-order valence-corrected chi connectivity index (χ2v) is 5.28. The number of aliphatic hydroxyl groups is 1. The molecule has 1 aromatic rings. The van der Waals surface area contributed by atoms with Crippen LogP contribution in [0.3, 0.4) is 0 Å². The Bertz CT molecular complexity index is 339. The number of hydrogen-bond acceptors (Lipinski definition) is 6. The molecule has 0 amide bonds. The molecule has 2 heterocycles. The topological polar surface area (TPSA) is 68.4 Å². The van der Waals surface area contributed by atoms with Gasteiger partial charge in [0.15, 0.2) is 0 Å². The molecule has 96 valence electrons. The van der Waals surface area contributed by atoms with Crippen molar-refractivity contribution in [3.63, 3.8) is 0 Å². The predicted molar refractivity (Wildman–Crippen MR) is 64.9 cm³/mol. The van der Waals surface area contributed by atoms with Crippen LogP contribution in [-0.2, 0) is 11.2 Å². The van der Waals surface area contributed by atoms with Crippen molar-refractivity contribution < 1.29 is 14.4 Å². The van der Waals surface area contributed by atoms with Gasteiger partial charge in [-0.15, -0.1) is 0 Å². The molecule has 5 nitrogen and oxygen atoms in total. The molecule has 1 aliphatic heterocycles. The van der Waals surface area contributed by atoms with Gasteiger partial charge >= 0.3 is 0 Å². The van der Waals surface area contributed by atoms with Gasteiger partial charge in [-0.2, -0.15) is 16.7 Å². The summed E-state index contributed by atoms with van der Waals surface area (Å²) >= 11 is 1.83. The van der Waals surface area contributed by atoms with Crippen LogP contribution in [0.1, 0.15) is 37.6 Å². The maximum absolute atomic E-state index is 9.66. The van der Waals surface area contributed by atoms with Crippen molar-refractivity contribution in [2.75, 3.05) is 18.1 Å². The quantitative estimate of drug-likeness (QED) is 0.864. The largest absolute Gasteiger partial charge is 0.393 e. The van der Waals surface area contributed by atoms with Crippen molar-refractivity contribution in [3.8, 4) is 0 Å². The van der Waals surface area contributed by atoms with E-state index in [0.29, 0.717) is 18.1 Å². The second kappa shape index (κ2) is 6.37. The van der Waals surface area contributed by atoms with E-state index in [2.05, 4.69) is 10.1 Å². The summed E-state index contributed by atoms with van der Waals surface area (Å²) in [6.45, 7) is 2.77. The third-order valence-corrected chi connectivity index (χ3v) is 3.61. The summed E-state index contributed by atoms with van der Waals surface area (Å²) in [5, 5.41) is 13.6. The van der Waals surface area contributed by atoms with E-state index >= 15 is 0 Å². The van der Waals surface area contributed by atoms with Crippen molar-refractivity contribution in [2.45, 2.75) is 38.4 Å². The summed E-state index contributed by atoms with van der Waals surface area (Å²) < 4.78 is 10.7. The highest BCUT2D eigenvalue weighted by atomic mass is 32.2. The molecular weight excluding hydrogens is 240 g/mol. The highest BCUT2D eigenvalue weighted by molar-refractivity contribution is 7.99. The van der Waals surface area contributed by atoms with Crippen LogP contribution in [0.4, 0.5) is 0 Å². The molecule has 1 N–H and O–H groups in total. The molecular formula is C11H18N2O3S. The first-order chi connectivity index (χ1) is 8.29. The zero-order valence-electron chi connectivity index (χ0n) is 9.96. The average Bonchev–Trinajstić information content (AvgIpc) is 2.79. The van der Waals surface area contributed by atoms with E-state index in [0.717, 1.165) is 31.0 Å². The Morgan fingerprint density at radius 3 is 3.18 bits per heavy atom. The predicted octanol–water partition coefficient (Wildman–Crippen LogP) is 1.58. The van der Waals surface area contributed by atoms with Gasteiger partial charge in [-0.25, -0.2) is 0 Å². The minimum absolute atomic E-state index is 0.0606. The van der Waals surface area contributed by atoms with E-state index in [9.17, 15) is 5.11 Å². The third kappa shape index (κ3) is 3.69. The monoisotopic (exact) mass is 258 g/mol. The molecule has 1 fully saturated rings. The lowest BCUT2D eigenvalue weighted by molar-refractivity contribution is 0.0677. The lowest BCUT2D eigenvalue weighted by Crippen LogP contribution is -2.17. The summed E-state index contributed by atoms with van der Waals surface area (Å²) in [5.74, 6) is 3.00. The molecule has 17 heavy (non-hydrogen) atoms. The van der Waals surface area contributed by atoms with Gasteiger partial charge in [0.2, 0.25) is 11.7 Å². The SMILES string of the molecule is CCCC(O)Cc1nc(C2CSCCO2)no1. The third-order valence-electron chi connectivity index (χ3n) is 2.62. The number of hydrogen-bond donors (Lipinski definition) is 1. The van der Waals surface area contributed by atoms with Crippen molar-refractivity contribution in [3.05, 3.63) is 11.7 Å². The van der Waals surface area contributed by atoms with E-state index in [1.807, 2.05) is 18.7 Å². The van der Waals surface area contributed by atoms with Crippen LogP contribution in [0.25, 0.3) is 0 Å². The van der Waals surface area contributed by atoms with Gasteiger partial charge in [0, 0.05) is 11.5 Å². The first kappa shape index (κ1) is 12.9. The Kier molecular flexibility index (Phi) is 4.82. The van der Waals surface area contributed by atoms with Crippen LogP contribution in [0.15, 0.2) is 4.52 Å². The minimum Gasteiger partial charge on any atom is -0.393 e. The number of aromatic nitrogens is 2. The second-order valence-electron chi connectivity index (χ2n) is 4.13. The van der Waals surface area contributed by atoms with Gasteiger partial charge in [0.1, 0.15) is 6.10 Å². The van der Waals surface area contributed by atoms with Crippen LogP contribution in [0.2, 0.25) is 0 Å². The number of rotatable bonds is 5. The van der Waals surface area contributed by atoms with E-state index in [-0.39, 0.29) is 6.10 Å². The molecule has 2 rings (SSSR count). The standard InChI is InChI=1S/C11H18N2O3S/c1-2-3-8(14)6-10-12-11(13-16-10)9-7-17-5-4-15-9/h8-9,14H,2-7H2,1H3. The van der Waals surface area contributed by atoms with Gasteiger partial charge in [0.25, 0.3) is 0 Å². The van der Waals surface area contributed by atoms with Gasteiger partial charge in [0.05, 0.1) is 19.1 Å². The van der Waals surface area contributed by atoms with Gasteiger partial charge < -0.3 is 14.4 Å². The fourth-order valence-electron chi connectivity index (χ4n) is 1.76. The maximum atomic E-state index is 9.66. The molecule has 1 aromatic heterocycles. The molecule has 2 unspecified atom stereocenters. The van der Waals surface area contributed by atoms with Gasteiger partial charge in [-0.1, -0.05) is 18.5 Å². The molecule has 0 radical (unpaired) electrons. The fourth-order valence-corrected chi connectivity index (χ4v) is 2.60. The number of ether oxygens (including phenoxy) is 1. The number of aliphatic hydroxyl groups excluding tert-OH is 1. The van der Waals surface area contributed by atoms with Crippen molar-refractivity contribution in [2.24, 2.45) is 0 Å². The smallest absolute Gasteiger partial charge is 0.229 e. The van der Waals surface area contributed by atoms with Crippen molar-refractivity contribution >= 4 is 11.8 Å². The molecule has 6 heteroatoms. The van der Waals surface area contributed by atoms with Crippen LogP contribution in [0, 0.1) is 0 Å². The molecule has 2 atom stereocenters. The summed E-state index contributed by atoms with van der Waals surface area (Å²) in [6, 6.07) is 0. The molecule has 0 bridgehead atoms. The summed E-state index contributed by atoms with van der Waals surface area (Å²) in [4.78, 5) is 4.28. The Morgan fingerprint density at radius 2 is 2.47 bits per heavy atom. The number of nitrogens with zero attached hydrogens (tertiary/aromatic N) is 2. The summed E-state index contributed by atoms with van der Waals surface area (Å²) in [5.41, 5.74) is 0. The molecule has 1 saturated heterocycles. The number of thioether (sulfide) groups is 1. The fraction of sp³-hybridized carbons (Fsp3) is 0.818. The molecule has 0 aromatic carbocycles. The molecule has 0 aliphatic carbocycles. The van der Waals surface area contributed by atoms with E-state index in [1.54, 1.807) is 0 Å². The Balaban J connectivity index is 1.90. The van der Waals surface area contributed by atoms with E-state index in [1.165, 1.54) is 0 Å². The zero-order valence-corrected chi connectivity index (χ0v) is 10.8. The molecule has 1 aliphatic rings. The van der Waals surface area contributed by atoms with E-state index < -0.39 is 6.10 Å². The highest BCUT2D eigenvalue weighted by Crippen LogP contribution is 2.24. The molecule has 0 saturated carbocycles. The maximum Gasteiger partial charge on any atom is 0.229 e. The normalized spacial score (nSPS) is 22.6. The zero-order chi connectivity index (χ0) is 12.1. The van der Waals surface area contributed by atoms with E-state index in [4.69, 9.17) is 9.26 Å². The first-order valence-electron chi connectivity index (χ1n) is 5.99. The highest BCUT2D eigenvalue weighted by Gasteiger charge is 2.22. The van der Waals surface area contributed by atoms with Crippen LogP contribution in [0.5, 0.6) is 0 Å². The Morgan fingerprint density at radius 1 is 1.59 bits per heavy atom. The van der Waals surface area contributed by atoms with Gasteiger partial charge in [-0.05, 0) is 6.42 Å². The van der Waals surface area contributed by atoms with Crippen molar-refractivity contribution in [1.82, 2.24) is 10.1 Å². The Labute approximate surface area is 105 Å². The Hall–Kier alpha value is -0.590. The lowest BCUT2D eigenvalue weighted by atomic mass is 10.1. The van der Waals surface area contributed by atoms with Crippen LogP contribution in [-0.4, -0.2) is 39.5 Å². The van der Waals surface area contributed by atoms with Gasteiger partial charge in [-0.3, -0.25) is 0 Å². The molecule has 0 spiro atoms. The van der Waals surface area contributed by atoms with Crippen LogP contribution >= 0.6 is 11.8 Å². The van der Waals surface area contributed by atoms with Crippen LogP contribution < -0.4 is 0 Å². The lowest BCUT2D eigenvalue weighted by Gasteiger charge is -2.18. The summed E-state index contributed by atoms with van der Waals surface area (Å²) in [7, 11) is 0. The minimum atomic E-state index is -0.394. The van der Waals surface area contributed by atoms with Crippen molar-refractivity contribution in [1.29, 1.82) is 0 Å².